The topological polar surface area (TPSA) is 215 Å². The molecule has 10 bridgehead atoms. The van der Waals surface area contributed by atoms with E-state index in [1.807, 2.05) is 85.1 Å². The summed E-state index contributed by atoms with van der Waals surface area (Å²) in [6.07, 6.45) is 9.48. The summed E-state index contributed by atoms with van der Waals surface area (Å²) in [5.41, 5.74) is 15.3. The Kier molecular flexibility index (Phi) is 23.7. The van der Waals surface area contributed by atoms with Gasteiger partial charge in [0.05, 0.1) is 90.6 Å². The molecule has 35 rings (SSSR count). The van der Waals surface area contributed by atoms with Gasteiger partial charge in [0.2, 0.25) is 0 Å². The van der Waals surface area contributed by atoms with Gasteiger partial charge in [-0.2, -0.15) is 0 Å². The number of aromatic nitrogens is 12. The van der Waals surface area contributed by atoms with Gasteiger partial charge in [0.25, 0.3) is 0 Å². The average molecular weight is 1960 g/mol. The average Bonchev–Trinajstić information content (AvgIpc) is 1.53. The molecule has 149 heavy (non-hydrogen) atoms. The zero-order chi connectivity index (χ0) is 99.8. The molecule has 734 valence electrons. The Morgan fingerprint density at radius 2 is 0.349 bits per heavy atom. The second-order valence-corrected chi connectivity index (χ2v) is 38.9. The quantitative estimate of drug-likeness (QED) is 0.0358. The number of rotatable bonds is 32. The zero-order valence-electron chi connectivity index (χ0n) is 83.8. The van der Waals surface area contributed by atoms with E-state index in [-0.39, 0.29) is 39.3 Å². The van der Waals surface area contributed by atoms with Crippen molar-refractivity contribution in [3.63, 3.8) is 0 Å². The molecule has 22 heteroatoms. The predicted octanol–water partition coefficient (Wildman–Crippen LogP) is 26.8. The summed E-state index contributed by atoms with van der Waals surface area (Å²) in [6, 6.07) is 100. The van der Waals surface area contributed by atoms with E-state index in [0.29, 0.717) is 165 Å². The molecule has 0 unspecified atom stereocenters. The van der Waals surface area contributed by atoms with Crippen LogP contribution in [0.3, 0.4) is 0 Å². The minimum absolute atomic E-state index is 0.0597. The summed E-state index contributed by atoms with van der Waals surface area (Å²) in [4.78, 5) is 0. The molecule has 0 fully saturated rings. The van der Waals surface area contributed by atoms with Crippen LogP contribution in [0.2, 0.25) is 0 Å². The van der Waals surface area contributed by atoms with Crippen LogP contribution in [0.1, 0.15) is 142 Å². The highest BCUT2D eigenvalue weighted by atomic mass is 16.5. The Morgan fingerprint density at radius 1 is 0.188 bits per heavy atom. The molecular formula is C127H106N12O10. The number of hydrogen-bond acceptors (Lipinski definition) is 18. The maximum atomic E-state index is 7.37. The Labute approximate surface area is 859 Å². The smallest absolute Gasteiger partial charge is 0.134 e. The van der Waals surface area contributed by atoms with E-state index >= 15 is 0 Å². The van der Waals surface area contributed by atoms with Gasteiger partial charge in [0, 0.05) is 87.7 Å². The Balaban J connectivity index is 0.609. The van der Waals surface area contributed by atoms with Crippen LogP contribution in [0, 0.1) is 0 Å². The SMILES string of the molecule is CCOc1cc2c(OCC)cc1Cc1cc(OCC)c(cc1OCC)Cc1cc(OCc3cn(Cc4ccc5ccc6cccc7ccc4c5c67)nn3)c(cc1OCc1cn(Cc3ccc4ccc5cccc6ccc3c4c56)nn1)Cc1cc(OCC)c(cc1OCC)Cc1cc(OCc3cn(Cc4ccc5ccc6cccc7ccc4c5c67)nn3)c(cc1OCc1cn(Cc3ccc4ccc5cccc6ccc3c4c56)nn1)C2. The lowest BCUT2D eigenvalue weighted by Crippen LogP contribution is -2.08. The molecule has 22 nitrogen and oxygen atoms in total. The highest BCUT2D eigenvalue weighted by Gasteiger charge is 2.29. The maximum absolute atomic E-state index is 7.37. The van der Waals surface area contributed by atoms with Crippen LogP contribution in [-0.4, -0.2) is 99.6 Å². The second-order valence-electron chi connectivity index (χ2n) is 38.9. The van der Waals surface area contributed by atoms with Crippen molar-refractivity contribution in [2.45, 2.75) is 126 Å². The molecule has 10 aliphatic rings. The number of ether oxygens (including phenoxy) is 10. The first-order chi connectivity index (χ1) is 73.4. The molecule has 0 aliphatic heterocycles. The second kappa shape index (κ2) is 38.7. The maximum Gasteiger partial charge on any atom is 0.134 e. The van der Waals surface area contributed by atoms with Gasteiger partial charge in [-0.3, -0.25) is 0 Å². The van der Waals surface area contributed by atoms with E-state index in [1.165, 1.54) is 129 Å². The molecule has 0 spiro atoms. The Hall–Kier alpha value is -17.7. The summed E-state index contributed by atoms with van der Waals surface area (Å²) in [5, 5.41) is 67.8. The number of hydrogen-bond donors (Lipinski definition) is 0. The first-order valence-electron chi connectivity index (χ1n) is 51.7. The van der Waals surface area contributed by atoms with Crippen LogP contribution >= 0.6 is 0 Å². The molecule has 0 N–H and O–H groups in total. The van der Waals surface area contributed by atoms with E-state index in [9.17, 15) is 0 Å². The van der Waals surface area contributed by atoms with Crippen molar-refractivity contribution in [1.82, 2.24) is 60.0 Å². The third-order valence-corrected chi connectivity index (χ3v) is 29.6. The van der Waals surface area contributed by atoms with E-state index < -0.39 is 0 Å². The first kappa shape index (κ1) is 91.3. The van der Waals surface area contributed by atoms with Gasteiger partial charge in [-0.05, 0) is 254 Å². The van der Waals surface area contributed by atoms with E-state index in [2.05, 4.69) is 279 Å². The Bertz CT molecular complexity index is 8440. The van der Waals surface area contributed by atoms with Crippen molar-refractivity contribution in [1.29, 1.82) is 0 Å². The van der Waals surface area contributed by atoms with E-state index in [4.69, 9.17) is 88.6 Å². The molecule has 0 atom stereocenters. The molecule has 25 aromatic rings. The number of nitrogens with zero attached hydrogens (tertiary/aromatic N) is 12. The molecule has 10 aliphatic carbocycles. The summed E-state index contributed by atoms with van der Waals surface area (Å²) >= 11 is 0. The van der Waals surface area contributed by atoms with Gasteiger partial charge in [-0.25, -0.2) is 18.7 Å². The van der Waals surface area contributed by atoms with Crippen LogP contribution in [0.15, 0.2) is 304 Å². The molecule has 0 radical (unpaired) electrons. The van der Waals surface area contributed by atoms with Crippen molar-refractivity contribution >= 4 is 129 Å². The lowest BCUT2D eigenvalue weighted by atomic mass is 9.92. The van der Waals surface area contributed by atoms with Crippen LogP contribution in [0.4, 0.5) is 0 Å². The minimum Gasteiger partial charge on any atom is -0.494 e. The fraction of sp³-hybridized carbons (Fsp3) is 0.197. The standard InChI is InChI=1S/C127H106N12O10/c1-7-140-110-56-94-50-98-60-118(148-74-104-70-138(134-130-104)66-90-39-35-86-31-27-78-19-15-23-82-43-47-108(90)126(86)122(78)82)100(62-116(98)146-72-102-68-136(132-128-102)64-88-37-33-84-29-25-76-17-13-21-80-41-45-106(88)124(84)120(76)80)52-96-58-115(145-12-6)97(59-114(96)144-11-5)53-101-63-117(147-73-103-69-137(133-129-103)65-89-38-34-85-30-26-77-18-14-22-81-42-46-107(89)125(85)121(77)81)99(51-95-57-111(141-8-2)93(55-113(95)143-10-4)49-92(110)54-112(94)142-9-3)61-119(101)149-75-105-71-139(135-131-105)67-91-40-36-87-32-28-79-20-16-24-83-44-48-109(91)127(87)123(79)83/h13-48,54-63,68-71H,7-12,49-53,64-67,72-75H2,1-6H3. The number of benzene rings is 21. The molecular weight excluding hydrogens is 1850 g/mol. The highest BCUT2D eigenvalue weighted by Crippen LogP contribution is 2.48. The monoisotopic (exact) mass is 1960 g/mol. The van der Waals surface area contributed by atoms with Gasteiger partial charge < -0.3 is 47.4 Å². The predicted molar refractivity (Wildman–Crippen MR) is 588 cm³/mol. The van der Waals surface area contributed by atoms with Crippen molar-refractivity contribution in [2.75, 3.05) is 39.6 Å². The third-order valence-electron chi connectivity index (χ3n) is 29.6. The molecule has 21 aromatic carbocycles. The van der Waals surface area contributed by atoms with E-state index in [0.717, 1.165) is 77.9 Å². The normalized spacial score (nSPS) is 12.5. The lowest BCUT2D eigenvalue weighted by molar-refractivity contribution is 0.287. The Morgan fingerprint density at radius 3 is 0.530 bits per heavy atom. The summed E-state index contributed by atoms with van der Waals surface area (Å²) < 4.78 is 78.5. The van der Waals surface area contributed by atoms with Gasteiger partial charge in [0.1, 0.15) is 107 Å². The fourth-order valence-corrected chi connectivity index (χ4v) is 22.9. The van der Waals surface area contributed by atoms with Crippen molar-refractivity contribution in [3.8, 4) is 57.5 Å². The lowest BCUT2D eigenvalue weighted by Gasteiger charge is -2.22. The summed E-state index contributed by atoms with van der Waals surface area (Å²) in [7, 11) is 0. The van der Waals surface area contributed by atoms with Crippen molar-refractivity contribution < 1.29 is 47.4 Å². The molecule has 0 saturated carbocycles. The molecule has 4 aromatic heterocycles. The van der Waals surface area contributed by atoms with E-state index in [1.54, 1.807) is 0 Å². The van der Waals surface area contributed by atoms with Crippen LogP contribution in [0.25, 0.3) is 129 Å². The van der Waals surface area contributed by atoms with Gasteiger partial charge in [0.15, 0.2) is 0 Å². The minimum atomic E-state index is 0.0597. The molecule has 0 amide bonds. The van der Waals surface area contributed by atoms with Gasteiger partial charge >= 0.3 is 0 Å². The summed E-state index contributed by atoms with van der Waals surface area (Å²) in [6.45, 7) is 16.4. The first-order valence-corrected chi connectivity index (χ1v) is 51.7. The van der Waals surface area contributed by atoms with Crippen molar-refractivity contribution in [2.24, 2.45) is 0 Å². The highest BCUT2D eigenvalue weighted by molar-refractivity contribution is 6.27. The fourth-order valence-electron chi connectivity index (χ4n) is 22.9. The van der Waals surface area contributed by atoms with Crippen LogP contribution in [0.5, 0.6) is 57.5 Å². The van der Waals surface area contributed by atoms with Crippen LogP contribution < -0.4 is 47.4 Å². The van der Waals surface area contributed by atoms with Gasteiger partial charge in [-0.1, -0.05) is 239 Å². The zero-order valence-corrected chi connectivity index (χ0v) is 83.8. The molecule has 4 heterocycles. The summed E-state index contributed by atoms with van der Waals surface area (Å²) in [5.74, 6) is 6.26. The largest absolute Gasteiger partial charge is 0.494 e. The van der Waals surface area contributed by atoms with Gasteiger partial charge in [-0.15, -0.1) is 20.4 Å². The third kappa shape index (κ3) is 17.3. The van der Waals surface area contributed by atoms with Crippen LogP contribution in [-0.2, 0) is 84.7 Å². The van der Waals surface area contributed by atoms with Crippen molar-refractivity contribution in [3.05, 3.63) is 405 Å². The molecule has 0 saturated heterocycles.